The Kier molecular flexibility index (Phi) is 3.46. The number of ketones is 2. The predicted octanol–water partition coefficient (Wildman–Crippen LogP) is 2.75. The lowest BCUT2D eigenvalue weighted by Crippen LogP contribution is -2.37. The quantitative estimate of drug-likeness (QED) is 0.695. The molecule has 1 fully saturated rings. The summed E-state index contributed by atoms with van der Waals surface area (Å²) in [5, 5.41) is 0. The highest BCUT2D eigenvalue weighted by atomic mass is 16.1. The van der Waals surface area contributed by atoms with Gasteiger partial charge in [0, 0.05) is 18.3 Å². The van der Waals surface area contributed by atoms with Crippen LogP contribution in [0.3, 0.4) is 0 Å². The molecule has 0 radical (unpaired) electrons. The largest absolute Gasteiger partial charge is 0.300 e. The summed E-state index contributed by atoms with van der Waals surface area (Å²) >= 11 is 0. The zero-order valence-corrected chi connectivity index (χ0v) is 9.43. The Bertz CT molecular complexity index is 245. The van der Waals surface area contributed by atoms with E-state index < -0.39 is 0 Å². The lowest BCUT2D eigenvalue weighted by atomic mass is 9.66. The van der Waals surface area contributed by atoms with Crippen molar-refractivity contribution in [2.45, 2.75) is 52.9 Å². The average Bonchev–Trinajstić information content (AvgIpc) is 2.09. The molecule has 1 aliphatic carbocycles. The monoisotopic (exact) mass is 196 g/mol. The molecule has 0 aromatic rings. The van der Waals surface area contributed by atoms with Crippen molar-refractivity contribution in [2.75, 3.05) is 0 Å². The second-order valence-electron chi connectivity index (χ2n) is 4.85. The molecule has 0 spiro atoms. The molecule has 0 aromatic carbocycles. The predicted molar refractivity (Wildman–Crippen MR) is 56.0 cm³/mol. The molecule has 0 amide bonds. The summed E-state index contributed by atoms with van der Waals surface area (Å²) in [6, 6.07) is 0. The summed E-state index contributed by atoms with van der Waals surface area (Å²) < 4.78 is 0. The lowest BCUT2D eigenvalue weighted by Gasteiger charge is -2.37. The van der Waals surface area contributed by atoms with Gasteiger partial charge in [-0.05, 0) is 25.7 Å². The highest BCUT2D eigenvalue weighted by Gasteiger charge is 2.39. The molecule has 0 aromatic heterocycles. The van der Waals surface area contributed by atoms with Crippen LogP contribution in [0.5, 0.6) is 0 Å². The van der Waals surface area contributed by atoms with Crippen molar-refractivity contribution in [2.24, 2.45) is 11.3 Å². The smallest absolute Gasteiger partial charge is 0.139 e. The molecule has 2 heteroatoms. The van der Waals surface area contributed by atoms with E-state index in [4.69, 9.17) is 0 Å². The fourth-order valence-electron chi connectivity index (χ4n) is 2.38. The highest BCUT2D eigenvalue weighted by molar-refractivity contribution is 5.86. The minimum absolute atomic E-state index is 0.192. The van der Waals surface area contributed by atoms with E-state index in [1.54, 1.807) is 6.92 Å². The highest BCUT2D eigenvalue weighted by Crippen LogP contribution is 2.40. The first-order valence-corrected chi connectivity index (χ1v) is 5.49. The van der Waals surface area contributed by atoms with Crippen LogP contribution in [0.4, 0.5) is 0 Å². The van der Waals surface area contributed by atoms with Crippen LogP contribution in [-0.4, -0.2) is 11.6 Å². The van der Waals surface area contributed by atoms with Crippen molar-refractivity contribution in [1.29, 1.82) is 0 Å². The van der Waals surface area contributed by atoms with E-state index in [1.807, 2.05) is 13.8 Å². The van der Waals surface area contributed by atoms with Crippen LogP contribution in [0, 0.1) is 11.3 Å². The van der Waals surface area contributed by atoms with E-state index in [9.17, 15) is 9.59 Å². The van der Waals surface area contributed by atoms with Gasteiger partial charge in [-0.3, -0.25) is 4.79 Å². The van der Waals surface area contributed by atoms with Crippen molar-refractivity contribution in [3.05, 3.63) is 0 Å². The number of carbonyl (C=O) groups excluding carboxylic acids is 2. The van der Waals surface area contributed by atoms with E-state index >= 15 is 0 Å². The summed E-state index contributed by atoms with van der Waals surface area (Å²) in [5.41, 5.74) is -0.232. The van der Waals surface area contributed by atoms with Crippen LogP contribution in [0.25, 0.3) is 0 Å². The molecule has 0 saturated heterocycles. The summed E-state index contributed by atoms with van der Waals surface area (Å²) in [7, 11) is 0. The molecular weight excluding hydrogens is 176 g/mol. The van der Waals surface area contributed by atoms with Gasteiger partial charge in [0.2, 0.25) is 0 Å². The maximum Gasteiger partial charge on any atom is 0.139 e. The molecule has 14 heavy (non-hydrogen) atoms. The van der Waals surface area contributed by atoms with Gasteiger partial charge in [-0.25, -0.2) is 0 Å². The molecule has 2 nitrogen and oxygen atoms in total. The van der Waals surface area contributed by atoms with Gasteiger partial charge in [0.25, 0.3) is 0 Å². The molecule has 1 aliphatic rings. The number of carbonyl (C=O) groups is 2. The maximum atomic E-state index is 11.8. The molecule has 2 atom stereocenters. The first-order chi connectivity index (χ1) is 6.47. The van der Waals surface area contributed by atoms with Crippen LogP contribution < -0.4 is 0 Å². The SMILES string of the molecule is CC(=O)CC(C)C1(C)CCCCC1=O. The minimum Gasteiger partial charge on any atom is -0.300 e. The first-order valence-electron chi connectivity index (χ1n) is 5.49. The molecule has 0 N–H and O–H groups in total. The average molecular weight is 196 g/mol. The standard InChI is InChI=1S/C12H20O2/c1-9(8-10(2)13)12(3)7-5-4-6-11(12)14/h9H,4-8H2,1-3H3. The molecule has 1 rings (SSSR count). The van der Waals surface area contributed by atoms with Gasteiger partial charge in [-0.2, -0.15) is 0 Å². The molecule has 80 valence electrons. The summed E-state index contributed by atoms with van der Waals surface area (Å²) in [5.74, 6) is 0.752. The van der Waals surface area contributed by atoms with Crippen molar-refractivity contribution >= 4 is 11.6 Å². The summed E-state index contributed by atoms with van der Waals surface area (Å²) in [6.45, 7) is 5.67. The number of rotatable bonds is 3. The van der Waals surface area contributed by atoms with Crippen LogP contribution in [0.2, 0.25) is 0 Å². The summed E-state index contributed by atoms with van der Waals surface area (Å²) in [6.07, 6.45) is 4.37. The Labute approximate surface area is 86.1 Å². The van der Waals surface area contributed by atoms with Gasteiger partial charge < -0.3 is 4.79 Å². The van der Waals surface area contributed by atoms with Crippen molar-refractivity contribution < 1.29 is 9.59 Å². The van der Waals surface area contributed by atoms with E-state index in [0.717, 1.165) is 19.3 Å². The Hall–Kier alpha value is -0.660. The Balaban J connectivity index is 2.70. The van der Waals surface area contributed by atoms with E-state index in [2.05, 4.69) is 0 Å². The van der Waals surface area contributed by atoms with Crippen LogP contribution in [0.1, 0.15) is 52.9 Å². The van der Waals surface area contributed by atoms with E-state index in [0.29, 0.717) is 18.6 Å². The van der Waals surface area contributed by atoms with Gasteiger partial charge in [0.05, 0.1) is 0 Å². The second-order valence-corrected chi connectivity index (χ2v) is 4.85. The fraction of sp³-hybridized carbons (Fsp3) is 0.833. The maximum absolute atomic E-state index is 11.8. The van der Waals surface area contributed by atoms with Crippen LogP contribution in [0.15, 0.2) is 0 Å². The van der Waals surface area contributed by atoms with Gasteiger partial charge in [0.1, 0.15) is 11.6 Å². The molecule has 0 bridgehead atoms. The van der Waals surface area contributed by atoms with Gasteiger partial charge in [0.15, 0.2) is 0 Å². The zero-order valence-electron chi connectivity index (χ0n) is 9.43. The van der Waals surface area contributed by atoms with E-state index in [-0.39, 0.29) is 17.1 Å². The molecule has 0 aliphatic heterocycles. The third kappa shape index (κ3) is 2.23. The zero-order chi connectivity index (χ0) is 10.8. The molecule has 2 unspecified atom stereocenters. The Morgan fingerprint density at radius 1 is 1.50 bits per heavy atom. The number of hydrogen-bond acceptors (Lipinski definition) is 2. The first kappa shape index (κ1) is 11.4. The topological polar surface area (TPSA) is 34.1 Å². The second kappa shape index (κ2) is 4.24. The Morgan fingerprint density at radius 3 is 2.64 bits per heavy atom. The minimum atomic E-state index is -0.232. The molecule has 0 heterocycles. The van der Waals surface area contributed by atoms with Gasteiger partial charge in [-0.1, -0.05) is 20.3 Å². The number of hydrogen-bond donors (Lipinski definition) is 0. The van der Waals surface area contributed by atoms with E-state index in [1.165, 1.54) is 0 Å². The van der Waals surface area contributed by atoms with Gasteiger partial charge >= 0.3 is 0 Å². The van der Waals surface area contributed by atoms with Crippen LogP contribution >= 0.6 is 0 Å². The molecular formula is C12H20O2. The fourth-order valence-corrected chi connectivity index (χ4v) is 2.38. The van der Waals surface area contributed by atoms with Crippen LogP contribution in [-0.2, 0) is 9.59 Å². The van der Waals surface area contributed by atoms with Gasteiger partial charge in [-0.15, -0.1) is 0 Å². The third-order valence-electron chi connectivity index (χ3n) is 3.67. The van der Waals surface area contributed by atoms with Crippen molar-refractivity contribution in [1.82, 2.24) is 0 Å². The Morgan fingerprint density at radius 2 is 2.14 bits per heavy atom. The van der Waals surface area contributed by atoms with Crippen molar-refractivity contribution in [3.8, 4) is 0 Å². The lowest BCUT2D eigenvalue weighted by molar-refractivity contribution is -0.134. The third-order valence-corrected chi connectivity index (χ3v) is 3.67. The summed E-state index contributed by atoms with van der Waals surface area (Å²) in [4.78, 5) is 22.9. The number of Topliss-reactive ketones (excluding diaryl/α,β-unsaturated/α-hetero) is 2. The van der Waals surface area contributed by atoms with Crippen molar-refractivity contribution in [3.63, 3.8) is 0 Å². The molecule has 1 saturated carbocycles. The normalized spacial score (nSPS) is 30.1.